The lowest BCUT2D eigenvalue weighted by molar-refractivity contribution is 0.215. The molecule has 3 aromatic heterocycles. The first-order valence-corrected chi connectivity index (χ1v) is 8.74. The Morgan fingerprint density at radius 1 is 1.44 bits per heavy atom. The van der Waals surface area contributed by atoms with Crippen molar-refractivity contribution < 1.29 is 4.74 Å². The lowest BCUT2D eigenvalue weighted by Crippen LogP contribution is -2.21. The van der Waals surface area contributed by atoms with Crippen molar-refractivity contribution in [2.75, 3.05) is 11.9 Å². The maximum Gasteiger partial charge on any atom is 0.232 e. The van der Waals surface area contributed by atoms with Crippen molar-refractivity contribution >= 4 is 34.3 Å². The molecule has 1 saturated heterocycles. The van der Waals surface area contributed by atoms with Crippen LogP contribution in [0.1, 0.15) is 20.3 Å². The highest BCUT2D eigenvalue weighted by molar-refractivity contribution is 6.35. The summed E-state index contributed by atoms with van der Waals surface area (Å²) in [4.78, 5) is 12.1. The van der Waals surface area contributed by atoms with Crippen molar-refractivity contribution in [3.05, 3.63) is 23.6 Å². The SMILES string of the molecule is CCn1cc(Nc2nc(O[C@H]3CN[C@@H](C)C3)c3c(Cl)c[nH]c3n2)cn1. The highest BCUT2D eigenvalue weighted by Gasteiger charge is 2.24. The molecule has 132 valence electrons. The molecule has 3 N–H and O–H groups in total. The standard InChI is InChI=1S/C16H20ClN7O/c1-3-24-8-10(5-20-24)21-16-22-14-13(12(17)7-19-14)15(23-16)25-11-4-9(2)18-6-11/h5,7-9,11,18H,3-4,6H2,1-2H3,(H2,19,21,22,23)/t9-,11+/m0/s1. The molecular weight excluding hydrogens is 342 g/mol. The Morgan fingerprint density at radius 2 is 2.32 bits per heavy atom. The quantitative estimate of drug-likeness (QED) is 0.647. The van der Waals surface area contributed by atoms with Crippen LogP contribution in [0.3, 0.4) is 0 Å². The minimum absolute atomic E-state index is 0.0646. The number of rotatable bonds is 5. The van der Waals surface area contributed by atoms with E-state index >= 15 is 0 Å². The van der Waals surface area contributed by atoms with Crippen LogP contribution in [0, 0.1) is 0 Å². The Hall–Kier alpha value is -2.32. The molecule has 1 aliphatic heterocycles. The van der Waals surface area contributed by atoms with E-state index in [9.17, 15) is 0 Å². The van der Waals surface area contributed by atoms with E-state index in [2.05, 4.69) is 37.6 Å². The van der Waals surface area contributed by atoms with E-state index in [1.165, 1.54) is 0 Å². The number of halogens is 1. The van der Waals surface area contributed by atoms with Crippen molar-refractivity contribution in [3.63, 3.8) is 0 Å². The third-order valence-electron chi connectivity index (χ3n) is 4.25. The second kappa shape index (κ2) is 6.53. The second-order valence-electron chi connectivity index (χ2n) is 6.21. The van der Waals surface area contributed by atoms with Gasteiger partial charge in [0.25, 0.3) is 0 Å². The van der Waals surface area contributed by atoms with Crippen LogP contribution in [-0.4, -0.2) is 43.4 Å². The first-order chi connectivity index (χ1) is 12.1. The number of nitrogens with zero attached hydrogens (tertiary/aromatic N) is 4. The predicted octanol–water partition coefficient (Wildman–Crippen LogP) is 2.70. The minimum atomic E-state index is 0.0646. The molecule has 1 aliphatic rings. The number of nitrogens with one attached hydrogen (secondary N) is 3. The smallest absolute Gasteiger partial charge is 0.232 e. The van der Waals surface area contributed by atoms with Crippen LogP contribution in [-0.2, 0) is 6.54 Å². The summed E-state index contributed by atoms with van der Waals surface area (Å²) in [5.41, 5.74) is 1.46. The number of hydrogen-bond acceptors (Lipinski definition) is 6. The van der Waals surface area contributed by atoms with Gasteiger partial charge in [-0.25, -0.2) is 0 Å². The third kappa shape index (κ3) is 3.27. The number of aromatic nitrogens is 5. The van der Waals surface area contributed by atoms with Crippen LogP contribution >= 0.6 is 11.6 Å². The van der Waals surface area contributed by atoms with Gasteiger partial charge in [0.1, 0.15) is 11.8 Å². The molecule has 4 heterocycles. The van der Waals surface area contributed by atoms with Gasteiger partial charge in [-0.15, -0.1) is 0 Å². The Kier molecular flexibility index (Phi) is 4.22. The lowest BCUT2D eigenvalue weighted by atomic mass is 10.2. The zero-order valence-electron chi connectivity index (χ0n) is 14.1. The molecule has 8 nitrogen and oxygen atoms in total. The van der Waals surface area contributed by atoms with E-state index in [0.29, 0.717) is 33.9 Å². The highest BCUT2D eigenvalue weighted by Crippen LogP contribution is 2.32. The number of aromatic amines is 1. The van der Waals surface area contributed by atoms with E-state index in [-0.39, 0.29) is 6.10 Å². The summed E-state index contributed by atoms with van der Waals surface area (Å²) in [7, 11) is 0. The van der Waals surface area contributed by atoms with E-state index in [1.807, 2.05) is 17.8 Å². The number of aryl methyl sites for hydroxylation is 1. The molecule has 0 bridgehead atoms. The van der Waals surface area contributed by atoms with Crippen molar-refractivity contribution in [2.45, 2.75) is 39.0 Å². The van der Waals surface area contributed by atoms with Gasteiger partial charge in [0.05, 0.1) is 22.3 Å². The summed E-state index contributed by atoms with van der Waals surface area (Å²) >= 11 is 6.29. The largest absolute Gasteiger partial charge is 0.472 e. The molecule has 25 heavy (non-hydrogen) atoms. The van der Waals surface area contributed by atoms with E-state index in [0.717, 1.165) is 25.2 Å². The average Bonchev–Trinajstić information content (AvgIpc) is 3.29. The maximum absolute atomic E-state index is 6.29. The molecule has 2 atom stereocenters. The molecule has 0 saturated carbocycles. The Labute approximate surface area is 149 Å². The van der Waals surface area contributed by atoms with Gasteiger partial charge in [0.15, 0.2) is 0 Å². The summed E-state index contributed by atoms with van der Waals surface area (Å²) in [5, 5.41) is 12.0. The predicted molar refractivity (Wildman–Crippen MR) is 96.6 cm³/mol. The van der Waals surface area contributed by atoms with Gasteiger partial charge in [-0.1, -0.05) is 11.6 Å². The van der Waals surface area contributed by atoms with Gasteiger partial charge < -0.3 is 20.4 Å². The van der Waals surface area contributed by atoms with Crippen molar-refractivity contribution in [2.24, 2.45) is 0 Å². The number of fused-ring (bicyclic) bond motifs is 1. The summed E-state index contributed by atoms with van der Waals surface area (Å²) in [5.74, 6) is 0.929. The number of H-pyrrole nitrogens is 1. The van der Waals surface area contributed by atoms with Crippen LogP contribution in [0.15, 0.2) is 18.6 Å². The summed E-state index contributed by atoms with van der Waals surface area (Å²) in [6, 6.07) is 0.432. The van der Waals surface area contributed by atoms with Gasteiger partial charge >= 0.3 is 0 Å². The monoisotopic (exact) mass is 361 g/mol. The van der Waals surface area contributed by atoms with Gasteiger partial charge in [0.2, 0.25) is 11.8 Å². The normalized spacial score (nSPS) is 20.3. The Bertz CT molecular complexity index is 890. The van der Waals surface area contributed by atoms with Gasteiger partial charge in [-0.2, -0.15) is 15.1 Å². The molecule has 0 spiro atoms. The fourth-order valence-corrected chi connectivity index (χ4v) is 3.20. The zero-order valence-corrected chi connectivity index (χ0v) is 14.8. The fourth-order valence-electron chi connectivity index (χ4n) is 2.98. The zero-order chi connectivity index (χ0) is 17.4. The molecule has 3 aromatic rings. The van der Waals surface area contributed by atoms with Gasteiger partial charge in [-0.05, 0) is 13.8 Å². The van der Waals surface area contributed by atoms with Gasteiger partial charge in [0, 0.05) is 37.9 Å². The number of anilines is 2. The number of hydrogen-bond donors (Lipinski definition) is 3. The molecule has 1 fully saturated rings. The van der Waals surface area contributed by atoms with Crippen LogP contribution in [0.4, 0.5) is 11.6 Å². The van der Waals surface area contributed by atoms with Crippen LogP contribution < -0.4 is 15.4 Å². The molecule has 0 unspecified atom stereocenters. The Balaban J connectivity index is 1.66. The van der Waals surface area contributed by atoms with E-state index < -0.39 is 0 Å². The van der Waals surface area contributed by atoms with Gasteiger partial charge in [-0.3, -0.25) is 4.68 Å². The first kappa shape index (κ1) is 16.2. The van der Waals surface area contributed by atoms with Crippen molar-refractivity contribution in [1.82, 2.24) is 30.0 Å². The van der Waals surface area contributed by atoms with Crippen LogP contribution in [0.2, 0.25) is 5.02 Å². The van der Waals surface area contributed by atoms with Crippen LogP contribution in [0.5, 0.6) is 5.88 Å². The first-order valence-electron chi connectivity index (χ1n) is 8.36. The highest BCUT2D eigenvalue weighted by atomic mass is 35.5. The lowest BCUT2D eigenvalue weighted by Gasteiger charge is -2.14. The summed E-state index contributed by atoms with van der Waals surface area (Å²) in [6.45, 7) is 5.76. The molecule has 9 heteroatoms. The molecule has 0 aromatic carbocycles. The maximum atomic E-state index is 6.29. The average molecular weight is 362 g/mol. The van der Waals surface area contributed by atoms with Crippen molar-refractivity contribution in [3.8, 4) is 5.88 Å². The van der Waals surface area contributed by atoms with Crippen molar-refractivity contribution in [1.29, 1.82) is 0 Å². The van der Waals surface area contributed by atoms with Crippen LogP contribution in [0.25, 0.3) is 11.0 Å². The second-order valence-corrected chi connectivity index (χ2v) is 6.61. The molecule has 0 radical (unpaired) electrons. The van der Waals surface area contributed by atoms with E-state index in [1.54, 1.807) is 12.4 Å². The number of ether oxygens (including phenoxy) is 1. The molecule has 0 aliphatic carbocycles. The van der Waals surface area contributed by atoms with E-state index in [4.69, 9.17) is 16.3 Å². The summed E-state index contributed by atoms with van der Waals surface area (Å²) < 4.78 is 7.95. The topological polar surface area (TPSA) is 92.7 Å². The molecule has 4 rings (SSSR count). The molecule has 0 amide bonds. The minimum Gasteiger partial charge on any atom is -0.472 e. The molecular formula is C16H20ClN7O. The summed E-state index contributed by atoms with van der Waals surface area (Å²) in [6.07, 6.45) is 6.33. The fraction of sp³-hybridized carbons (Fsp3) is 0.438. The third-order valence-corrected chi connectivity index (χ3v) is 4.55. The Morgan fingerprint density at radius 3 is 3.04 bits per heavy atom.